The van der Waals surface area contributed by atoms with Gasteiger partial charge in [-0.2, -0.15) is 0 Å². The first kappa shape index (κ1) is 19.2. The quantitative estimate of drug-likeness (QED) is 0.676. The Morgan fingerprint density at radius 1 is 1.21 bits per heavy atom. The third-order valence-corrected chi connectivity index (χ3v) is 5.48. The van der Waals surface area contributed by atoms with E-state index in [-0.39, 0.29) is 5.91 Å². The zero-order chi connectivity index (χ0) is 20.4. The average molecular weight is 391 g/mol. The molecule has 1 saturated heterocycles. The maximum absolute atomic E-state index is 12.8. The molecule has 4 rings (SSSR count). The zero-order valence-corrected chi connectivity index (χ0v) is 17.1. The fourth-order valence-corrected chi connectivity index (χ4v) is 3.98. The SMILES string of the molecule is Cc1ccc(C(=O)N2CCCC(Cc3cc(-c4c(C)noc4C)ncn3)C2)cn1. The first-order valence-electron chi connectivity index (χ1n) is 9.97. The van der Waals surface area contributed by atoms with Crippen LogP contribution in [0.2, 0.25) is 0 Å². The maximum atomic E-state index is 12.8. The van der Waals surface area contributed by atoms with E-state index in [1.54, 1.807) is 12.5 Å². The lowest BCUT2D eigenvalue weighted by atomic mass is 9.92. The lowest BCUT2D eigenvalue weighted by Crippen LogP contribution is -2.40. The highest BCUT2D eigenvalue weighted by molar-refractivity contribution is 5.94. The first-order chi connectivity index (χ1) is 14.0. The Kier molecular flexibility index (Phi) is 5.38. The summed E-state index contributed by atoms with van der Waals surface area (Å²) in [6, 6.07) is 5.75. The number of carbonyl (C=O) groups is 1. The lowest BCUT2D eigenvalue weighted by molar-refractivity contribution is 0.0672. The fourth-order valence-electron chi connectivity index (χ4n) is 3.98. The average Bonchev–Trinajstić information content (AvgIpc) is 3.06. The Hall–Kier alpha value is -3.09. The molecule has 150 valence electrons. The summed E-state index contributed by atoms with van der Waals surface area (Å²) in [4.78, 5) is 27.9. The van der Waals surface area contributed by atoms with Gasteiger partial charge in [-0.05, 0) is 64.2 Å². The summed E-state index contributed by atoms with van der Waals surface area (Å²) in [5, 5.41) is 4.02. The number of piperidine rings is 1. The van der Waals surface area contributed by atoms with Crippen LogP contribution in [0, 0.1) is 26.7 Å². The largest absolute Gasteiger partial charge is 0.361 e. The topological polar surface area (TPSA) is 85.0 Å². The van der Waals surface area contributed by atoms with Crippen molar-refractivity contribution in [2.24, 2.45) is 5.92 Å². The van der Waals surface area contributed by atoms with E-state index in [4.69, 9.17) is 4.52 Å². The Bertz CT molecular complexity index is 993. The molecule has 4 heterocycles. The van der Waals surface area contributed by atoms with Crippen molar-refractivity contribution in [1.82, 2.24) is 25.0 Å². The number of aromatic nitrogens is 4. The minimum Gasteiger partial charge on any atom is -0.361 e. The molecule has 1 amide bonds. The van der Waals surface area contributed by atoms with Crippen LogP contribution in [0.15, 0.2) is 35.2 Å². The molecule has 0 aromatic carbocycles. The molecule has 0 bridgehead atoms. The van der Waals surface area contributed by atoms with E-state index >= 15 is 0 Å². The highest BCUT2D eigenvalue weighted by Gasteiger charge is 2.25. The second-order valence-corrected chi connectivity index (χ2v) is 7.75. The summed E-state index contributed by atoms with van der Waals surface area (Å²) < 4.78 is 5.27. The maximum Gasteiger partial charge on any atom is 0.255 e. The molecule has 7 heteroatoms. The smallest absolute Gasteiger partial charge is 0.255 e. The number of carbonyl (C=O) groups excluding carboxylic acids is 1. The van der Waals surface area contributed by atoms with Gasteiger partial charge in [0.15, 0.2) is 0 Å². The number of hydrogen-bond acceptors (Lipinski definition) is 6. The van der Waals surface area contributed by atoms with E-state index in [0.29, 0.717) is 11.5 Å². The van der Waals surface area contributed by atoms with Crippen molar-refractivity contribution in [3.8, 4) is 11.3 Å². The summed E-state index contributed by atoms with van der Waals surface area (Å²) in [6.45, 7) is 7.25. The molecule has 0 radical (unpaired) electrons. The van der Waals surface area contributed by atoms with Crippen LogP contribution >= 0.6 is 0 Å². The molecule has 0 spiro atoms. The van der Waals surface area contributed by atoms with Gasteiger partial charge in [0, 0.05) is 30.7 Å². The standard InChI is InChI=1S/C22H25N5O2/c1-14-6-7-18(11-23-14)22(28)27-8-4-5-17(12-27)9-19-10-20(25-13-24-19)21-15(2)26-29-16(21)3/h6-7,10-11,13,17H,4-5,8-9,12H2,1-3H3. The van der Waals surface area contributed by atoms with E-state index < -0.39 is 0 Å². The highest BCUT2D eigenvalue weighted by Crippen LogP contribution is 2.27. The van der Waals surface area contributed by atoms with Gasteiger partial charge in [-0.25, -0.2) is 9.97 Å². The van der Waals surface area contributed by atoms with Crippen molar-refractivity contribution in [3.05, 3.63) is 59.1 Å². The molecule has 1 atom stereocenters. The molecule has 29 heavy (non-hydrogen) atoms. The van der Waals surface area contributed by atoms with Gasteiger partial charge in [0.25, 0.3) is 5.91 Å². The highest BCUT2D eigenvalue weighted by atomic mass is 16.5. The van der Waals surface area contributed by atoms with Crippen LogP contribution in [0.4, 0.5) is 0 Å². The number of pyridine rings is 1. The monoisotopic (exact) mass is 391 g/mol. The van der Waals surface area contributed by atoms with Gasteiger partial charge >= 0.3 is 0 Å². The van der Waals surface area contributed by atoms with Crippen LogP contribution in [0.1, 0.15) is 46.0 Å². The molecule has 1 unspecified atom stereocenters. The molecule has 1 aliphatic rings. The first-order valence-corrected chi connectivity index (χ1v) is 9.97. The molecule has 3 aromatic rings. The minimum atomic E-state index is 0.0568. The van der Waals surface area contributed by atoms with Gasteiger partial charge in [0.2, 0.25) is 0 Å². The fraction of sp³-hybridized carbons (Fsp3) is 0.409. The molecule has 0 aliphatic carbocycles. The predicted molar refractivity (Wildman–Crippen MR) is 108 cm³/mol. The number of rotatable bonds is 4. The third-order valence-electron chi connectivity index (χ3n) is 5.48. The lowest BCUT2D eigenvalue weighted by Gasteiger charge is -2.32. The molecular formula is C22H25N5O2. The zero-order valence-electron chi connectivity index (χ0n) is 17.1. The number of likely N-dealkylation sites (tertiary alicyclic amines) is 1. The van der Waals surface area contributed by atoms with E-state index in [9.17, 15) is 4.79 Å². The Balaban J connectivity index is 1.46. The van der Waals surface area contributed by atoms with Crippen molar-refractivity contribution in [3.63, 3.8) is 0 Å². The van der Waals surface area contributed by atoms with Crippen LogP contribution in [-0.2, 0) is 6.42 Å². The number of amides is 1. The van der Waals surface area contributed by atoms with Gasteiger partial charge in [0.1, 0.15) is 12.1 Å². The predicted octanol–water partition coefficient (Wildman–Crippen LogP) is 3.55. The van der Waals surface area contributed by atoms with E-state index in [0.717, 1.165) is 66.5 Å². The van der Waals surface area contributed by atoms with Crippen molar-refractivity contribution < 1.29 is 9.32 Å². The number of aryl methyl sites for hydroxylation is 3. The molecule has 7 nitrogen and oxygen atoms in total. The molecule has 0 N–H and O–H groups in total. The number of hydrogen-bond donors (Lipinski definition) is 0. The van der Waals surface area contributed by atoms with Crippen molar-refractivity contribution in [2.75, 3.05) is 13.1 Å². The van der Waals surface area contributed by atoms with Crippen LogP contribution in [0.5, 0.6) is 0 Å². The van der Waals surface area contributed by atoms with Crippen LogP contribution in [0.3, 0.4) is 0 Å². The third kappa shape index (κ3) is 4.18. The molecule has 1 aliphatic heterocycles. The van der Waals surface area contributed by atoms with Gasteiger partial charge < -0.3 is 9.42 Å². The van der Waals surface area contributed by atoms with Crippen molar-refractivity contribution in [2.45, 2.75) is 40.0 Å². The summed E-state index contributed by atoms with van der Waals surface area (Å²) in [6.07, 6.45) is 6.16. The van der Waals surface area contributed by atoms with E-state index in [2.05, 4.69) is 20.1 Å². The summed E-state index contributed by atoms with van der Waals surface area (Å²) in [5.74, 6) is 1.19. The summed E-state index contributed by atoms with van der Waals surface area (Å²) in [7, 11) is 0. The van der Waals surface area contributed by atoms with Gasteiger partial charge in [-0.1, -0.05) is 5.16 Å². The minimum absolute atomic E-state index is 0.0568. The van der Waals surface area contributed by atoms with Gasteiger partial charge in [-0.3, -0.25) is 9.78 Å². The van der Waals surface area contributed by atoms with E-state index in [1.165, 1.54) is 0 Å². The second kappa shape index (κ2) is 8.11. The molecule has 3 aromatic heterocycles. The molecule has 1 fully saturated rings. The van der Waals surface area contributed by atoms with Gasteiger partial charge in [-0.15, -0.1) is 0 Å². The Morgan fingerprint density at radius 2 is 2.07 bits per heavy atom. The summed E-state index contributed by atoms with van der Waals surface area (Å²) >= 11 is 0. The number of nitrogens with zero attached hydrogens (tertiary/aromatic N) is 5. The van der Waals surface area contributed by atoms with Crippen LogP contribution in [0.25, 0.3) is 11.3 Å². The molecular weight excluding hydrogens is 366 g/mol. The molecule has 0 saturated carbocycles. The Morgan fingerprint density at radius 3 is 2.79 bits per heavy atom. The Labute approximate surface area is 170 Å². The van der Waals surface area contributed by atoms with Gasteiger partial charge in [0.05, 0.1) is 22.5 Å². The van der Waals surface area contributed by atoms with Crippen molar-refractivity contribution in [1.29, 1.82) is 0 Å². The van der Waals surface area contributed by atoms with Crippen molar-refractivity contribution >= 4 is 5.91 Å². The van der Waals surface area contributed by atoms with Crippen LogP contribution < -0.4 is 0 Å². The second-order valence-electron chi connectivity index (χ2n) is 7.75. The summed E-state index contributed by atoms with van der Waals surface area (Å²) in [5.41, 5.74) is 5.14. The van der Waals surface area contributed by atoms with Crippen LogP contribution in [-0.4, -0.2) is 44.0 Å². The normalized spacial score (nSPS) is 16.8. The van der Waals surface area contributed by atoms with E-state index in [1.807, 2.05) is 43.9 Å².